The van der Waals surface area contributed by atoms with Crippen LogP contribution in [0.15, 0.2) is 54.7 Å². The molecule has 0 aliphatic carbocycles. The summed E-state index contributed by atoms with van der Waals surface area (Å²) >= 11 is 0. The molecule has 0 saturated heterocycles. The lowest BCUT2D eigenvalue weighted by atomic mass is 10.0. The van der Waals surface area contributed by atoms with Crippen molar-refractivity contribution in [1.29, 1.82) is 0 Å². The minimum Gasteiger partial charge on any atom is -0.496 e. The van der Waals surface area contributed by atoms with Crippen LogP contribution >= 0.6 is 0 Å². The average molecular weight is 391 g/mol. The molecule has 0 atom stereocenters. The average Bonchev–Trinajstić information content (AvgIpc) is 3.10. The Kier molecular flexibility index (Phi) is 4.72. The van der Waals surface area contributed by atoms with Crippen molar-refractivity contribution < 1.29 is 18.7 Å². The summed E-state index contributed by atoms with van der Waals surface area (Å²) in [6.45, 7) is 0.309. The van der Waals surface area contributed by atoms with Gasteiger partial charge in [0, 0.05) is 41.2 Å². The molecule has 2 heterocycles. The van der Waals surface area contributed by atoms with Gasteiger partial charge < -0.3 is 15.0 Å². The molecule has 146 valence electrons. The van der Waals surface area contributed by atoms with Gasteiger partial charge in [0.05, 0.1) is 19.3 Å². The molecule has 2 aromatic carbocycles. The number of hydrogen-bond acceptors (Lipinski definition) is 4. The molecule has 0 bridgehead atoms. The van der Waals surface area contributed by atoms with E-state index >= 15 is 0 Å². The number of halogens is 1. The second-order valence-electron chi connectivity index (χ2n) is 6.55. The molecular formula is C22H18FN3O3. The normalized spacial score (nSPS) is 12.7. The van der Waals surface area contributed by atoms with E-state index in [0.717, 1.165) is 5.56 Å². The smallest absolute Gasteiger partial charge is 0.259 e. The number of methoxy groups -OCH3 is 1. The minimum absolute atomic E-state index is 0.170. The van der Waals surface area contributed by atoms with E-state index in [4.69, 9.17) is 4.74 Å². The number of pyridine rings is 1. The third-order valence-corrected chi connectivity index (χ3v) is 4.93. The van der Waals surface area contributed by atoms with Crippen molar-refractivity contribution in [2.75, 3.05) is 19.1 Å². The molecule has 0 fully saturated rings. The summed E-state index contributed by atoms with van der Waals surface area (Å²) in [6, 6.07) is 12.6. The Balaban J connectivity index is 1.78. The first-order valence-corrected chi connectivity index (χ1v) is 8.99. The van der Waals surface area contributed by atoms with Gasteiger partial charge in [-0.15, -0.1) is 0 Å². The molecule has 0 spiro atoms. The third kappa shape index (κ3) is 3.20. The molecule has 1 aliphatic heterocycles. The molecule has 6 nitrogen and oxygen atoms in total. The highest BCUT2D eigenvalue weighted by Gasteiger charge is 2.32. The zero-order valence-electron chi connectivity index (χ0n) is 15.9. The van der Waals surface area contributed by atoms with Gasteiger partial charge in [-0.3, -0.25) is 14.6 Å². The van der Waals surface area contributed by atoms with Gasteiger partial charge in [-0.1, -0.05) is 0 Å². The van der Waals surface area contributed by atoms with Crippen molar-refractivity contribution in [1.82, 2.24) is 10.3 Å². The number of benzene rings is 2. The molecule has 7 heteroatoms. The number of carbonyl (C=O) groups excluding carboxylic acids is 2. The fraction of sp³-hybridized carbons (Fsp3) is 0.136. The van der Waals surface area contributed by atoms with Gasteiger partial charge in [0.2, 0.25) is 0 Å². The number of anilines is 1. The van der Waals surface area contributed by atoms with Crippen molar-refractivity contribution in [3.63, 3.8) is 0 Å². The summed E-state index contributed by atoms with van der Waals surface area (Å²) in [5, 5.41) is 2.58. The van der Waals surface area contributed by atoms with Gasteiger partial charge in [0.25, 0.3) is 11.8 Å². The zero-order valence-corrected chi connectivity index (χ0v) is 15.9. The first kappa shape index (κ1) is 18.6. The van der Waals surface area contributed by atoms with Crippen LogP contribution in [0.4, 0.5) is 10.1 Å². The van der Waals surface area contributed by atoms with Gasteiger partial charge in [-0.25, -0.2) is 4.39 Å². The molecule has 1 aromatic heterocycles. The summed E-state index contributed by atoms with van der Waals surface area (Å²) in [5.74, 6) is -0.268. The van der Waals surface area contributed by atoms with Crippen LogP contribution in [0.2, 0.25) is 0 Å². The van der Waals surface area contributed by atoms with Gasteiger partial charge in [0.15, 0.2) is 0 Å². The summed E-state index contributed by atoms with van der Waals surface area (Å²) in [4.78, 5) is 30.9. The zero-order chi connectivity index (χ0) is 20.5. The van der Waals surface area contributed by atoms with Crippen LogP contribution in [0.25, 0.3) is 11.3 Å². The van der Waals surface area contributed by atoms with Crippen LogP contribution < -0.4 is 15.0 Å². The second-order valence-corrected chi connectivity index (χ2v) is 6.55. The lowest BCUT2D eigenvalue weighted by Gasteiger charge is -2.16. The Morgan fingerprint density at radius 2 is 1.90 bits per heavy atom. The fourth-order valence-electron chi connectivity index (χ4n) is 3.46. The van der Waals surface area contributed by atoms with Crippen molar-refractivity contribution in [3.05, 3.63) is 77.2 Å². The standard InChI is InChI=1S/C22H18FN3O3/c1-24-21(27)13-3-8-17(19(11-13)29-2)20-18-12-26(15-6-4-14(23)5-7-15)22(28)16(18)9-10-25-20/h3-11H,12H2,1-2H3,(H,24,27). The third-order valence-electron chi connectivity index (χ3n) is 4.93. The molecule has 3 aromatic rings. The van der Waals surface area contributed by atoms with Gasteiger partial charge in [-0.05, 0) is 48.5 Å². The van der Waals surface area contributed by atoms with E-state index < -0.39 is 0 Å². The lowest BCUT2D eigenvalue weighted by molar-refractivity contribution is 0.0961. The highest BCUT2D eigenvalue weighted by Crippen LogP contribution is 2.37. The van der Waals surface area contributed by atoms with Crippen LogP contribution in [0, 0.1) is 5.82 Å². The number of aromatic nitrogens is 1. The largest absolute Gasteiger partial charge is 0.496 e. The predicted molar refractivity (Wildman–Crippen MR) is 107 cm³/mol. The molecule has 1 N–H and O–H groups in total. The van der Waals surface area contributed by atoms with E-state index in [1.54, 1.807) is 54.5 Å². The van der Waals surface area contributed by atoms with Crippen LogP contribution in [0.1, 0.15) is 26.3 Å². The Bertz CT molecular complexity index is 1110. The first-order valence-electron chi connectivity index (χ1n) is 8.99. The maximum absolute atomic E-state index is 13.3. The quantitative estimate of drug-likeness (QED) is 0.740. The summed E-state index contributed by atoms with van der Waals surface area (Å²) < 4.78 is 18.7. The number of nitrogens with zero attached hydrogens (tertiary/aromatic N) is 2. The SMILES string of the molecule is CNC(=O)c1ccc(-c2nccc3c2CN(c2ccc(F)cc2)C3=O)c(OC)c1. The highest BCUT2D eigenvalue weighted by atomic mass is 19.1. The van der Waals surface area contributed by atoms with Gasteiger partial charge in [-0.2, -0.15) is 0 Å². The molecule has 2 amide bonds. The van der Waals surface area contributed by atoms with Crippen molar-refractivity contribution >= 4 is 17.5 Å². The number of nitrogens with one attached hydrogen (secondary N) is 1. The van der Waals surface area contributed by atoms with E-state index in [1.165, 1.54) is 19.2 Å². The van der Waals surface area contributed by atoms with Gasteiger partial charge >= 0.3 is 0 Å². The van der Waals surface area contributed by atoms with E-state index in [9.17, 15) is 14.0 Å². The summed E-state index contributed by atoms with van der Waals surface area (Å²) in [5.41, 5.74) is 3.67. The highest BCUT2D eigenvalue weighted by molar-refractivity contribution is 6.11. The fourth-order valence-corrected chi connectivity index (χ4v) is 3.46. The second kappa shape index (κ2) is 7.35. The van der Waals surface area contributed by atoms with E-state index in [-0.39, 0.29) is 17.6 Å². The molecule has 0 saturated carbocycles. The predicted octanol–water partition coefficient (Wildman–Crippen LogP) is 3.42. The first-order chi connectivity index (χ1) is 14.0. The molecule has 29 heavy (non-hydrogen) atoms. The molecule has 4 rings (SSSR count). The Morgan fingerprint density at radius 1 is 1.14 bits per heavy atom. The summed E-state index contributed by atoms with van der Waals surface area (Å²) in [6.07, 6.45) is 1.58. The number of rotatable bonds is 4. The molecule has 0 unspecified atom stereocenters. The topological polar surface area (TPSA) is 71.5 Å². The summed E-state index contributed by atoms with van der Waals surface area (Å²) in [7, 11) is 3.08. The Hall–Kier alpha value is -3.74. The number of ether oxygens (including phenoxy) is 1. The van der Waals surface area contributed by atoms with Crippen molar-refractivity contribution in [3.8, 4) is 17.0 Å². The van der Waals surface area contributed by atoms with Crippen molar-refractivity contribution in [2.45, 2.75) is 6.54 Å². The molecular weight excluding hydrogens is 373 g/mol. The van der Waals surface area contributed by atoms with E-state index in [2.05, 4.69) is 10.3 Å². The number of hydrogen-bond donors (Lipinski definition) is 1. The van der Waals surface area contributed by atoms with E-state index in [1.807, 2.05) is 0 Å². The van der Waals surface area contributed by atoms with Crippen LogP contribution in [-0.4, -0.2) is 31.0 Å². The molecule has 0 radical (unpaired) electrons. The minimum atomic E-state index is -0.360. The van der Waals surface area contributed by atoms with E-state index in [0.29, 0.717) is 40.4 Å². The lowest BCUT2D eigenvalue weighted by Crippen LogP contribution is -2.22. The Labute approximate surface area is 166 Å². The number of carbonyl (C=O) groups is 2. The number of fused-ring (bicyclic) bond motifs is 1. The maximum Gasteiger partial charge on any atom is 0.259 e. The molecule has 1 aliphatic rings. The van der Waals surface area contributed by atoms with Crippen LogP contribution in [0.3, 0.4) is 0 Å². The monoisotopic (exact) mass is 391 g/mol. The van der Waals surface area contributed by atoms with Crippen LogP contribution in [0.5, 0.6) is 5.75 Å². The van der Waals surface area contributed by atoms with Crippen molar-refractivity contribution in [2.24, 2.45) is 0 Å². The maximum atomic E-state index is 13.3. The van der Waals surface area contributed by atoms with Gasteiger partial charge in [0.1, 0.15) is 11.6 Å². The van der Waals surface area contributed by atoms with Crippen LogP contribution in [-0.2, 0) is 6.54 Å². The Morgan fingerprint density at radius 3 is 2.59 bits per heavy atom. The number of amides is 2.